The SMILES string of the molecule is CC(c1nc(-c2cccc(C(F)(F)F)c2)no1)N1CCN(c2ccccc2Cl)CC1. The molecule has 1 aliphatic heterocycles. The number of hydrogen-bond acceptors (Lipinski definition) is 5. The van der Waals surface area contributed by atoms with Crippen molar-refractivity contribution in [2.24, 2.45) is 0 Å². The van der Waals surface area contributed by atoms with Crippen LogP contribution in [0.25, 0.3) is 11.4 Å². The Morgan fingerprint density at radius 2 is 1.77 bits per heavy atom. The standard InChI is InChI=1S/C21H20ClF3N4O/c1-14(28-9-11-29(12-10-28)18-8-3-2-7-17(18)22)20-26-19(27-30-20)15-5-4-6-16(13-15)21(23,24)25/h2-8,13-14H,9-12H2,1H3. The van der Waals surface area contributed by atoms with E-state index in [-0.39, 0.29) is 17.4 Å². The van der Waals surface area contributed by atoms with Gasteiger partial charge in [0.05, 0.1) is 22.3 Å². The lowest BCUT2D eigenvalue weighted by Gasteiger charge is -2.38. The molecule has 1 saturated heterocycles. The second-order valence-corrected chi connectivity index (χ2v) is 7.59. The quantitative estimate of drug-likeness (QED) is 0.556. The summed E-state index contributed by atoms with van der Waals surface area (Å²) in [5.74, 6) is 0.534. The highest BCUT2D eigenvalue weighted by Crippen LogP contribution is 2.32. The minimum absolute atomic E-state index is 0.148. The molecule has 30 heavy (non-hydrogen) atoms. The lowest BCUT2D eigenvalue weighted by atomic mass is 10.1. The van der Waals surface area contributed by atoms with Gasteiger partial charge >= 0.3 is 6.18 Å². The normalized spacial score (nSPS) is 16.6. The summed E-state index contributed by atoms with van der Waals surface area (Å²) in [6.07, 6.45) is -4.42. The number of nitrogens with zero attached hydrogens (tertiary/aromatic N) is 4. The van der Waals surface area contributed by atoms with Gasteiger partial charge in [0.1, 0.15) is 0 Å². The third-order valence-electron chi connectivity index (χ3n) is 5.30. The predicted octanol–water partition coefficient (Wildman–Crippen LogP) is 5.29. The summed E-state index contributed by atoms with van der Waals surface area (Å²) in [5.41, 5.74) is 0.543. The molecule has 5 nitrogen and oxygen atoms in total. The van der Waals surface area contributed by atoms with Crippen LogP contribution in [0.4, 0.5) is 18.9 Å². The van der Waals surface area contributed by atoms with Gasteiger partial charge in [-0.05, 0) is 31.2 Å². The van der Waals surface area contributed by atoms with Crippen LogP contribution in [0.3, 0.4) is 0 Å². The van der Waals surface area contributed by atoms with E-state index in [1.54, 1.807) is 0 Å². The lowest BCUT2D eigenvalue weighted by Crippen LogP contribution is -2.47. The first-order valence-electron chi connectivity index (χ1n) is 9.57. The van der Waals surface area contributed by atoms with Gasteiger partial charge in [-0.25, -0.2) is 0 Å². The molecule has 0 bridgehead atoms. The average molecular weight is 437 g/mol. The zero-order chi connectivity index (χ0) is 21.3. The van der Waals surface area contributed by atoms with Gasteiger partial charge in [0.2, 0.25) is 11.7 Å². The molecule has 1 aromatic heterocycles. The summed E-state index contributed by atoms with van der Waals surface area (Å²) in [6.45, 7) is 5.08. The maximum atomic E-state index is 13.0. The van der Waals surface area contributed by atoms with Crippen molar-refractivity contribution in [1.29, 1.82) is 0 Å². The Kier molecular flexibility index (Phi) is 5.71. The van der Waals surface area contributed by atoms with Gasteiger partial charge in [-0.3, -0.25) is 4.90 Å². The van der Waals surface area contributed by atoms with E-state index in [4.69, 9.17) is 16.1 Å². The van der Waals surface area contributed by atoms with E-state index in [1.807, 2.05) is 31.2 Å². The van der Waals surface area contributed by atoms with E-state index in [9.17, 15) is 13.2 Å². The molecule has 3 aromatic rings. The molecule has 0 spiro atoms. The fraction of sp³-hybridized carbons (Fsp3) is 0.333. The van der Waals surface area contributed by atoms with Gasteiger partial charge in [0.15, 0.2) is 0 Å². The highest BCUT2D eigenvalue weighted by molar-refractivity contribution is 6.33. The molecular weight excluding hydrogens is 417 g/mol. The van der Waals surface area contributed by atoms with Crippen molar-refractivity contribution >= 4 is 17.3 Å². The maximum absolute atomic E-state index is 13.0. The van der Waals surface area contributed by atoms with Crippen LogP contribution >= 0.6 is 11.6 Å². The fourth-order valence-electron chi connectivity index (χ4n) is 3.57. The van der Waals surface area contributed by atoms with Crippen LogP contribution in [-0.2, 0) is 6.18 Å². The Balaban J connectivity index is 1.44. The number of piperazine rings is 1. The van der Waals surface area contributed by atoms with E-state index in [1.165, 1.54) is 12.1 Å². The van der Waals surface area contributed by atoms with Crippen LogP contribution in [0, 0.1) is 0 Å². The molecular formula is C21H20ClF3N4O. The first-order chi connectivity index (χ1) is 14.3. The number of benzene rings is 2. The van der Waals surface area contributed by atoms with E-state index in [0.29, 0.717) is 5.89 Å². The predicted molar refractivity (Wildman–Crippen MR) is 108 cm³/mol. The number of alkyl halides is 3. The molecule has 0 N–H and O–H groups in total. The monoisotopic (exact) mass is 436 g/mol. The van der Waals surface area contributed by atoms with Gasteiger partial charge in [-0.2, -0.15) is 18.2 Å². The molecule has 4 rings (SSSR count). The van der Waals surface area contributed by atoms with Crippen LogP contribution in [-0.4, -0.2) is 41.2 Å². The molecule has 0 saturated carbocycles. The van der Waals surface area contributed by atoms with Crippen LogP contribution in [0.2, 0.25) is 5.02 Å². The Bertz CT molecular complexity index is 1020. The average Bonchev–Trinajstić information content (AvgIpc) is 3.24. The van der Waals surface area contributed by atoms with Gasteiger partial charge in [-0.1, -0.05) is 41.0 Å². The zero-order valence-electron chi connectivity index (χ0n) is 16.2. The van der Waals surface area contributed by atoms with Crippen molar-refractivity contribution in [2.75, 3.05) is 31.1 Å². The molecule has 0 radical (unpaired) electrons. The minimum atomic E-state index is -4.42. The fourth-order valence-corrected chi connectivity index (χ4v) is 3.83. The van der Waals surface area contributed by atoms with Crippen molar-refractivity contribution in [2.45, 2.75) is 19.1 Å². The largest absolute Gasteiger partial charge is 0.416 e. The van der Waals surface area contributed by atoms with E-state index in [0.717, 1.165) is 49.0 Å². The number of halogens is 4. The maximum Gasteiger partial charge on any atom is 0.416 e. The summed E-state index contributed by atoms with van der Waals surface area (Å²) >= 11 is 6.29. The first-order valence-corrected chi connectivity index (χ1v) is 9.95. The molecule has 1 fully saturated rings. The summed E-state index contributed by atoms with van der Waals surface area (Å²) in [6, 6.07) is 12.5. The number of para-hydroxylation sites is 1. The molecule has 1 aliphatic rings. The second kappa shape index (κ2) is 8.28. The van der Waals surface area contributed by atoms with Crippen LogP contribution < -0.4 is 4.90 Å². The van der Waals surface area contributed by atoms with Crippen molar-refractivity contribution in [3.05, 3.63) is 65.0 Å². The Morgan fingerprint density at radius 3 is 2.47 bits per heavy atom. The molecule has 9 heteroatoms. The molecule has 2 heterocycles. The van der Waals surface area contributed by atoms with Gasteiger partial charge in [-0.15, -0.1) is 0 Å². The molecule has 1 unspecified atom stereocenters. The van der Waals surface area contributed by atoms with Crippen LogP contribution in [0.1, 0.15) is 24.4 Å². The number of aromatic nitrogens is 2. The topological polar surface area (TPSA) is 45.4 Å². The molecule has 2 aromatic carbocycles. The summed E-state index contributed by atoms with van der Waals surface area (Å²) in [4.78, 5) is 8.78. The van der Waals surface area contributed by atoms with E-state index >= 15 is 0 Å². The first kappa shape index (κ1) is 20.7. The van der Waals surface area contributed by atoms with Gasteiger partial charge in [0, 0.05) is 31.7 Å². The molecule has 158 valence electrons. The highest BCUT2D eigenvalue weighted by Gasteiger charge is 2.31. The van der Waals surface area contributed by atoms with Crippen LogP contribution in [0.5, 0.6) is 0 Å². The number of hydrogen-bond donors (Lipinski definition) is 0. The van der Waals surface area contributed by atoms with Crippen molar-refractivity contribution < 1.29 is 17.7 Å². The van der Waals surface area contributed by atoms with E-state index in [2.05, 4.69) is 19.9 Å². The summed E-state index contributed by atoms with van der Waals surface area (Å²) < 4.78 is 44.2. The van der Waals surface area contributed by atoms with Gasteiger partial charge < -0.3 is 9.42 Å². The van der Waals surface area contributed by atoms with Crippen molar-refractivity contribution in [3.8, 4) is 11.4 Å². The second-order valence-electron chi connectivity index (χ2n) is 7.19. The Hall–Kier alpha value is -2.58. The van der Waals surface area contributed by atoms with Crippen molar-refractivity contribution in [3.63, 3.8) is 0 Å². The highest BCUT2D eigenvalue weighted by atomic mass is 35.5. The smallest absolute Gasteiger partial charge is 0.368 e. The van der Waals surface area contributed by atoms with E-state index < -0.39 is 11.7 Å². The number of anilines is 1. The van der Waals surface area contributed by atoms with Crippen molar-refractivity contribution in [1.82, 2.24) is 15.0 Å². The van der Waals surface area contributed by atoms with Crippen LogP contribution in [0.15, 0.2) is 53.1 Å². The summed E-state index contributed by atoms with van der Waals surface area (Å²) in [5, 5.41) is 4.62. The Morgan fingerprint density at radius 1 is 1.03 bits per heavy atom. The molecule has 1 atom stereocenters. The molecule has 0 aliphatic carbocycles. The number of rotatable bonds is 4. The zero-order valence-corrected chi connectivity index (χ0v) is 17.0. The third kappa shape index (κ3) is 4.29. The lowest BCUT2D eigenvalue weighted by molar-refractivity contribution is -0.137. The Labute approximate surface area is 177 Å². The molecule has 0 amide bonds. The third-order valence-corrected chi connectivity index (χ3v) is 5.62. The minimum Gasteiger partial charge on any atom is -0.368 e. The summed E-state index contributed by atoms with van der Waals surface area (Å²) in [7, 11) is 0. The van der Waals surface area contributed by atoms with Gasteiger partial charge in [0.25, 0.3) is 0 Å².